The molecule has 0 radical (unpaired) electrons. The normalized spacial score (nSPS) is 11.4. The Morgan fingerprint density at radius 3 is 1.73 bits per heavy atom. The SMILES string of the molecule is Brc1c(N(c2ccccc2)c2cccc3ccccc23)cccc1-n1c2ccccc2c2ccccc21. The summed E-state index contributed by atoms with van der Waals surface area (Å²) in [6, 6.07) is 49.5. The zero-order valence-corrected chi connectivity index (χ0v) is 21.6. The minimum absolute atomic E-state index is 1.04. The maximum Gasteiger partial charge on any atom is 0.0656 e. The molecule has 3 heteroatoms. The van der Waals surface area contributed by atoms with Crippen molar-refractivity contribution in [3.63, 3.8) is 0 Å². The molecule has 0 aliphatic heterocycles. The lowest BCUT2D eigenvalue weighted by Gasteiger charge is -2.28. The average Bonchev–Trinajstić information content (AvgIpc) is 3.29. The van der Waals surface area contributed by atoms with E-state index in [1.54, 1.807) is 0 Å². The van der Waals surface area contributed by atoms with Crippen LogP contribution in [-0.4, -0.2) is 4.57 Å². The second-order valence-corrected chi connectivity index (χ2v) is 9.94. The second-order valence-electron chi connectivity index (χ2n) is 9.15. The van der Waals surface area contributed by atoms with Crippen LogP contribution in [0.25, 0.3) is 38.3 Å². The topological polar surface area (TPSA) is 8.17 Å². The Kier molecular flexibility index (Phi) is 5.30. The molecule has 0 spiro atoms. The van der Waals surface area contributed by atoms with Crippen molar-refractivity contribution in [2.24, 2.45) is 0 Å². The smallest absolute Gasteiger partial charge is 0.0656 e. The first-order chi connectivity index (χ1) is 18.3. The monoisotopic (exact) mass is 538 g/mol. The lowest BCUT2D eigenvalue weighted by molar-refractivity contribution is 1.16. The maximum atomic E-state index is 4.07. The number of benzene rings is 6. The standard InChI is InChI=1S/C34H23BrN2/c35-34-32(36(25-14-2-1-3-15-25)29-21-10-13-24-12-4-5-16-26(24)29)22-11-23-33(34)37-30-19-8-6-17-27(30)28-18-7-9-20-31(28)37/h1-23H. The van der Waals surface area contributed by atoms with Crippen molar-refractivity contribution in [2.75, 3.05) is 4.90 Å². The molecule has 0 unspecified atom stereocenters. The molecule has 0 N–H and O–H groups in total. The first kappa shape index (κ1) is 21.9. The molecule has 0 saturated heterocycles. The first-order valence-corrected chi connectivity index (χ1v) is 13.2. The lowest BCUT2D eigenvalue weighted by Crippen LogP contribution is -2.12. The van der Waals surface area contributed by atoms with Crippen molar-refractivity contribution >= 4 is 65.6 Å². The van der Waals surface area contributed by atoms with Crippen LogP contribution in [0.2, 0.25) is 0 Å². The van der Waals surface area contributed by atoms with Crippen LogP contribution in [0, 0.1) is 0 Å². The molecule has 2 nitrogen and oxygen atoms in total. The lowest BCUT2D eigenvalue weighted by atomic mass is 10.1. The largest absolute Gasteiger partial charge is 0.309 e. The fourth-order valence-electron chi connectivity index (χ4n) is 5.42. The van der Waals surface area contributed by atoms with Crippen molar-refractivity contribution in [1.82, 2.24) is 4.57 Å². The number of hydrogen-bond donors (Lipinski definition) is 0. The summed E-state index contributed by atoms with van der Waals surface area (Å²) in [6.07, 6.45) is 0. The molecule has 0 fully saturated rings. The quantitative estimate of drug-likeness (QED) is 0.216. The van der Waals surface area contributed by atoms with Gasteiger partial charge < -0.3 is 9.47 Å². The van der Waals surface area contributed by atoms with Gasteiger partial charge in [-0.15, -0.1) is 0 Å². The molecule has 0 atom stereocenters. The van der Waals surface area contributed by atoms with Crippen molar-refractivity contribution < 1.29 is 0 Å². The van der Waals surface area contributed by atoms with Crippen LogP contribution < -0.4 is 4.90 Å². The van der Waals surface area contributed by atoms with Gasteiger partial charge in [0.15, 0.2) is 0 Å². The Bertz CT molecular complexity index is 1840. The Morgan fingerprint density at radius 1 is 0.459 bits per heavy atom. The summed E-state index contributed by atoms with van der Waals surface area (Å²) in [6.45, 7) is 0. The zero-order chi connectivity index (χ0) is 24.8. The highest BCUT2D eigenvalue weighted by Crippen LogP contribution is 2.45. The maximum absolute atomic E-state index is 4.07. The Labute approximate surface area is 224 Å². The predicted octanol–water partition coefficient (Wildman–Crippen LogP) is 10.2. The molecular weight excluding hydrogens is 516 g/mol. The van der Waals surface area contributed by atoms with E-state index in [1.165, 1.54) is 32.6 Å². The highest BCUT2D eigenvalue weighted by atomic mass is 79.9. The number of rotatable bonds is 4. The molecular formula is C34H23BrN2. The second kappa shape index (κ2) is 8.95. The van der Waals surface area contributed by atoms with E-state index in [-0.39, 0.29) is 0 Å². The minimum Gasteiger partial charge on any atom is -0.309 e. The molecule has 7 aromatic rings. The van der Waals surface area contributed by atoms with Gasteiger partial charge in [-0.3, -0.25) is 0 Å². The van der Waals surface area contributed by atoms with Gasteiger partial charge in [0, 0.05) is 21.8 Å². The predicted molar refractivity (Wildman–Crippen MR) is 161 cm³/mol. The summed E-state index contributed by atoms with van der Waals surface area (Å²) in [5.41, 5.74) is 6.83. The third-order valence-corrected chi connectivity index (χ3v) is 7.85. The number of nitrogens with zero attached hydrogens (tertiary/aromatic N) is 2. The van der Waals surface area contributed by atoms with Crippen LogP contribution in [0.15, 0.2) is 144 Å². The van der Waals surface area contributed by atoms with E-state index in [2.05, 4.69) is 165 Å². The third kappa shape index (κ3) is 3.54. The average molecular weight is 539 g/mol. The molecule has 0 amide bonds. The van der Waals surface area contributed by atoms with Gasteiger partial charge in [-0.1, -0.05) is 97.1 Å². The van der Waals surface area contributed by atoms with Crippen LogP contribution in [0.5, 0.6) is 0 Å². The number of anilines is 3. The van der Waals surface area contributed by atoms with E-state index < -0.39 is 0 Å². The van der Waals surface area contributed by atoms with Crippen LogP contribution in [0.4, 0.5) is 17.1 Å². The summed E-state index contributed by atoms with van der Waals surface area (Å²) in [5.74, 6) is 0. The van der Waals surface area contributed by atoms with Gasteiger partial charge in [0.1, 0.15) is 0 Å². The first-order valence-electron chi connectivity index (χ1n) is 12.4. The zero-order valence-electron chi connectivity index (χ0n) is 20.1. The highest BCUT2D eigenvalue weighted by Gasteiger charge is 2.21. The third-order valence-electron chi connectivity index (χ3n) is 7.04. The summed E-state index contributed by atoms with van der Waals surface area (Å²) >= 11 is 4.07. The van der Waals surface area contributed by atoms with Gasteiger partial charge in [-0.25, -0.2) is 0 Å². The number of aromatic nitrogens is 1. The summed E-state index contributed by atoms with van der Waals surface area (Å²) in [5, 5.41) is 4.94. The molecule has 0 saturated carbocycles. The molecule has 0 aliphatic rings. The number of halogens is 1. The van der Waals surface area contributed by atoms with E-state index in [4.69, 9.17) is 0 Å². The molecule has 1 heterocycles. The fraction of sp³-hybridized carbons (Fsp3) is 0. The Hall–Kier alpha value is -4.34. The van der Waals surface area contributed by atoms with Gasteiger partial charge in [-0.05, 0) is 63.8 Å². The fourth-order valence-corrected chi connectivity index (χ4v) is 6.04. The Morgan fingerprint density at radius 2 is 1.00 bits per heavy atom. The Balaban J connectivity index is 1.53. The van der Waals surface area contributed by atoms with Crippen molar-refractivity contribution in [3.8, 4) is 5.69 Å². The van der Waals surface area contributed by atoms with Crippen molar-refractivity contribution in [3.05, 3.63) is 144 Å². The summed E-state index contributed by atoms with van der Waals surface area (Å²) < 4.78 is 3.41. The van der Waals surface area contributed by atoms with Gasteiger partial charge in [0.2, 0.25) is 0 Å². The number of para-hydroxylation sites is 3. The highest BCUT2D eigenvalue weighted by molar-refractivity contribution is 9.10. The van der Waals surface area contributed by atoms with Gasteiger partial charge in [0.05, 0.1) is 32.6 Å². The van der Waals surface area contributed by atoms with E-state index >= 15 is 0 Å². The number of fused-ring (bicyclic) bond motifs is 4. The molecule has 6 aromatic carbocycles. The van der Waals surface area contributed by atoms with E-state index in [1.807, 2.05) is 0 Å². The number of hydrogen-bond acceptors (Lipinski definition) is 1. The van der Waals surface area contributed by atoms with E-state index in [9.17, 15) is 0 Å². The molecule has 0 bridgehead atoms. The van der Waals surface area contributed by atoms with Gasteiger partial charge in [0.25, 0.3) is 0 Å². The summed E-state index contributed by atoms with van der Waals surface area (Å²) in [7, 11) is 0. The molecule has 37 heavy (non-hydrogen) atoms. The van der Waals surface area contributed by atoms with E-state index in [0.29, 0.717) is 0 Å². The summed E-state index contributed by atoms with van der Waals surface area (Å²) in [4.78, 5) is 2.35. The van der Waals surface area contributed by atoms with Crippen LogP contribution in [0.3, 0.4) is 0 Å². The molecule has 1 aromatic heterocycles. The van der Waals surface area contributed by atoms with Crippen molar-refractivity contribution in [1.29, 1.82) is 0 Å². The molecule has 176 valence electrons. The van der Waals surface area contributed by atoms with Crippen molar-refractivity contribution in [2.45, 2.75) is 0 Å². The molecule has 7 rings (SSSR count). The van der Waals surface area contributed by atoms with Gasteiger partial charge in [-0.2, -0.15) is 0 Å². The molecule has 0 aliphatic carbocycles. The van der Waals surface area contributed by atoms with Gasteiger partial charge >= 0.3 is 0 Å². The minimum atomic E-state index is 1.04. The van der Waals surface area contributed by atoms with Crippen LogP contribution >= 0.6 is 15.9 Å². The van der Waals surface area contributed by atoms with Crippen LogP contribution in [0.1, 0.15) is 0 Å². The van der Waals surface area contributed by atoms with Crippen LogP contribution in [-0.2, 0) is 0 Å². The van der Waals surface area contributed by atoms with E-state index in [0.717, 1.165) is 27.2 Å².